The number of benzene rings is 1. The van der Waals surface area contributed by atoms with E-state index in [2.05, 4.69) is 36.8 Å². The maximum absolute atomic E-state index is 11.9. The average Bonchev–Trinajstić information content (AvgIpc) is 2.50. The number of hydrogen-bond donors (Lipinski definition) is 2. The molecule has 0 bridgehead atoms. The Bertz CT molecular complexity index is 613. The summed E-state index contributed by atoms with van der Waals surface area (Å²) >= 11 is 3.37. The fraction of sp³-hybridized carbons (Fsp3) is 0.133. The standard InChI is InChI=1S/C15H15BrN4O/c1-11(19-14-4-2-13(16)3-5-14)15(21)20-18-10-12-6-8-17-9-7-12/h2-11,19H,1H3,(H,20,21). The number of carbonyl (C=O) groups excluding carboxylic acids is 1. The molecular formula is C15H15BrN4O. The average molecular weight is 347 g/mol. The molecule has 1 atom stereocenters. The Balaban J connectivity index is 1.85. The molecular weight excluding hydrogens is 332 g/mol. The van der Waals surface area contributed by atoms with E-state index >= 15 is 0 Å². The maximum Gasteiger partial charge on any atom is 0.262 e. The third-order valence-electron chi connectivity index (χ3n) is 2.72. The number of hydrogen-bond acceptors (Lipinski definition) is 4. The minimum absolute atomic E-state index is 0.205. The lowest BCUT2D eigenvalue weighted by molar-refractivity contribution is -0.121. The first kappa shape index (κ1) is 15.2. The van der Waals surface area contributed by atoms with E-state index in [0.717, 1.165) is 15.7 Å². The maximum atomic E-state index is 11.9. The predicted molar refractivity (Wildman–Crippen MR) is 87.2 cm³/mol. The third-order valence-corrected chi connectivity index (χ3v) is 3.24. The molecule has 0 saturated carbocycles. The minimum Gasteiger partial charge on any atom is -0.374 e. The minimum atomic E-state index is -0.388. The molecule has 2 rings (SSSR count). The van der Waals surface area contributed by atoms with E-state index < -0.39 is 0 Å². The zero-order chi connectivity index (χ0) is 15.1. The van der Waals surface area contributed by atoms with Crippen molar-refractivity contribution in [2.24, 2.45) is 5.10 Å². The molecule has 108 valence electrons. The molecule has 6 heteroatoms. The Morgan fingerprint density at radius 1 is 1.24 bits per heavy atom. The molecule has 5 nitrogen and oxygen atoms in total. The number of anilines is 1. The molecule has 2 aromatic rings. The molecule has 0 saturated heterocycles. The van der Waals surface area contributed by atoms with Gasteiger partial charge in [-0.15, -0.1) is 0 Å². The number of hydrazone groups is 1. The number of rotatable bonds is 5. The highest BCUT2D eigenvalue weighted by molar-refractivity contribution is 9.10. The number of halogens is 1. The first-order valence-electron chi connectivity index (χ1n) is 6.40. The van der Waals surface area contributed by atoms with Gasteiger partial charge in [-0.3, -0.25) is 9.78 Å². The van der Waals surface area contributed by atoms with Crippen LogP contribution in [0.15, 0.2) is 58.4 Å². The number of pyridine rings is 1. The first-order valence-corrected chi connectivity index (χ1v) is 7.19. The van der Waals surface area contributed by atoms with Gasteiger partial charge in [0.25, 0.3) is 5.91 Å². The third kappa shape index (κ3) is 5.00. The Kier molecular flexibility index (Phi) is 5.45. The highest BCUT2D eigenvalue weighted by Crippen LogP contribution is 2.14. The van der Waals surface area contributed by atoms with E-state index in [9.17, 15) is 4.79 Å². The van der Waals surface area contributed by atoms with Crippen LogP contribution in [0.1, 0.15) is 12.5 Å². The summed E-state index contributed by atoms with van der Waals surface area (Å²) in [6.07, 6.45) is 4.91. The molecule has 0 aliphatic heterocycles. The predicted octanol–water partition coefficient (Wildman–Crippen LogP) is 2.79. The topological polar surface area (TPSA) is 66.4 Å². The van der Waals surface area contributed by atoms with Crippen LogP contribution in [0.5, 0.6) is 0 Å². The van der Waals surface area contributed by atoms with Gasteiger partial charge in [-0.05, 0) is 48.9 Å². The zero-order valence-electron chi connectivity index (χ0n) is 11.5. The summed E-state index contributed by atoms with van der Waals surface area (Å²) in [5.74, 6) is -0.205. The molecule has 1 aromatic heterocycles. The van der Waals surface area contributed by atoms with E-state index in [0.29, 0.717) is 0 Å². The number of nitrogens with one attached hydrogen (secondary N) is 2. The van der Waals surface area contributed by atoms with Crippen molar-refractivity contribution in [2.45, 2.75) is 13.0 Å². The molecule has 1 aromatic carbocycles. The number of amides is 1. The molecule has 2 N–H and O–H groups in total. The fourth-order valence-electron chi connectivity index (χ4n) is 1.58. The zero-order valence-corrected chi connectivity index (χ0v) is 13.0. The van der Waals surface area contributed by atoms with Gasteiger partial charge in [-0.25, -0.2) is 5.43 Å². The first-order chi connectivity index (χ1) is 10.1. The smallest absolute Gasteiger partial charge is 0.262 e. The van der Waals surface area contributed by atoms with Crippen molar-refractivity contribution >= 4 is 33.7 Å². The van der Waals surface area contributed by atoms with Crippen molar-refractivity contribution in [1.82, 2.24) is 10.4 Å². The number of aromatic nitrogens is 1. The van der Waals surface area contributed by atoms with Gasteiger partial charge >= 0.3 is 0 Å². The van der Waals surface area contributed by atoms with Crippen LogP contribution in [0, 0.1) is 0 Å². The summed E-state index contributed by atoms with van der Waals surface area (Å²) in [4.78, 5) is 15.8. The molecule has 0 fully saturated rings. The highest BCUT2D eigenvalue weighted by atomic mass is 79.9. The van der Waals surface area contributed by atoms with Gasteiger partial charge in [-0.1, -0.05) is 15.9 Å². The van der Waals surface area contributed by atoms with Crippen LogP contribution in [0.2, 0.25) is 0 Å². The number of carbonyl (C=O) groups is 1. The summed E-state index contributed by atoms with van der Waals surface area (Å²) in [6, 6.07) is 10.8. The molecule has 1 unspecified atom stereocenters. The van der Waals surface area contributed by atoms with Crippen molar-refractivity contribution in [2.75, 3.05) is 5.32 Å². The Morgan fingerprint density at radius 3 is 2.57 bits per heavy atom. The summed E-state index contributed by atoms with van der Waals surface area (Å²) in [6.45, 7) is 1.78. The van der Waals surface area contributed by atoms with Crippen molar-refractivity contribution in [1.29, 1.82) is 0 Å². The molecule has 0 aliphatic carbocycles. The fourth-order valence-corrected chi connectivity index (χ4v) is 1.84. The SMILES string of the molecule is CC(Nc1ccc(Br)cc1)C(=O)NN=Cc1ccncc1. The van der Waals surface area contributed by atoms with Crippen molar-refractivity contribution in [3.05, 3.63) is 58.8 Å². The van der Waals surface area contributed by atoms with Crippen molar-refractivity contribution in [3.8, 4) is 0 Å². The van der Waals surface area contributed by atoms with Gasteiger partial charge in [0.1, 0.15) is 6.04 Å². The summed E-state index contributed by atoms with van der Waals surface area (Å²) in [7, 11) is 0. The largest absolute Gasteiger partial charge is 0.374 e. The van der Waals surface area contributed by atoms with Gasteiger partial charge in [0.2, 0.25) is 0 Å². The van der Waals surface area contributed by atoms with Crippen molar-refractivity contribution < 1.29 is 4.79 Å². The van der Waals surface area contributed by atoms with E-state index in [1.807, 2.05) is 24.3 Å². The summed E-state index contributed by atoms with van der Waals surface area (Å²) in [5.41, 5.74) is 4.25. The van der Waals surface area contributed by atoms with Crippen LogP contribution in [0.25, 0.3) is 0 Å². The summed E-state index contributed by atoms with van der Waals surface area (Å²) < 4.78 is 0.993. The van der Waals surface area contributed by atoms with Crippen LogP contribution < -0.4 is 10.7 Å². The second-order valence-corrected chi connectivity index (χ2v) is 5.30. The van der Waals surface area contributed by atoms with Gasteiger partial charge in [0.15, 0.2) is 0 Å². The Hall–Kier alpha value is -2.21. The van der Waals surface area contributed by atoms with E-state index in [-0.39, 0.29) is 11.9 Å². The lowest BCUT2D eigenvalue weighted by Gasteiger charge is -2.13. The van der Waals surface area contributed by atoms with E-state index in [1.54, 1.807) is 37.7 Å². The molecule has 0 spiro atoms. The van der Waals surface area contributed by atoms with Crippen LogP contribution in [0.3, 0.4) is 0 Å². The molecule has 0 aliphatic rings. The van der Waals surface area contributed by atoms with Gasteiger partial charge in [-0.2, -0.15) is 5.10 Å². The molecule has 0 radical (unpaired) electrons. The second-order valence-electron chi connectivity index (χ2n) is 4.39. The van der Waals surface area contributed by atoms with Crippen molar-refractivity contribution in [3.63, 3.8) is 0 Å². The van der Waals surface area contributed by atoms with Gasteiger partial charge < -0.3 is 5.32 Å². The second kappa shape index (κ2) is 7.54. The normalized spacial score (nSPS) is 12.1. The molecule has 1 amide bonds. The van der Waals surface area contributed by atoms with Crippen LogP contribution >= 0.6 is 15.9 Å². The lowest BCUT2D eigenvalue weighted by atomic mass is 10.2. The Morgan fingerprint density at radius 2 is 1.90 bits per heavy atom. The molecule has 21 heavy (non-hydrogen) atoms. The van der Waals surface area contributed by atoms with Crippen LogP contribution in [-0.2, 0) is 4.79 Å². The monoisotopic (exact) mass is 346 g/mol. The Labute approximate surface area is 131 Å². The highest BCUT2D eigenvalue weighted by Gasteiger charge is 2.11. The van der Waals surface area contributed by atoms with E-state index in [1.165, 1.54) is 0 Å². The quantitative estimate of drug-likeness (QED) is 0.646. The van der Waals surface area contributed by atoms with Gasteiger partial charge in [0, 0.05) is 22.6 Å². The summed E-state index contributed by atoms with van der Waals surface area (Å²) in [5, 5.41) is 7.02. The molecule has 1 heterocycles. The van der Waals surface area contributed by atoms with Crippen LogP contribution in [0.4, 0.5) is 5.69 Å². The van der Waals surface area contributed by atoms with Gasteiger partial charge in [0.05, 0.1) is 6.21 Å². The van der Waals surface area contributed by atoms with Crippen LogP contribution in [-0.4, -0.2) is 23.1 Å². The lowest BCUT2D eigenvalue weighted by Crippen LogP contribution is -2.34. The number of nitrogens with zero attached hydrogens (tertiary/aromatic N) is 2. The van der Waals surface area contributed by atoms with E-state index in [4.69, 9.17) is 0 Å².